The fourth-order valence-electron chi connectivity index (χ4n) is 1.82. The molecule has 15 heavy (non-hydrogen) atoms. The van der Waals surface area contributed by atoms with Crippen molar-refractivity contribution in [2.24, 2.45) is 5.92 Å². The van der Waals surface area contributed by atoms with E-state index in [2.05, 4.69) is 19.1 Å². The number of carbonyl (C=O) groups is 1. The zero-order valence-electron chi connectivity index (χ0n) is 9.87. The molecule has 2 unspecified atom stereocenters. The summed E-state index contributed by atoms with van der Waals surface area (Å²) in [7, 11) is 0. The molecule has 0 aromatic heterocycles. The van der Waals surface area contributed by atoms with Crippen LogP contribution in [0, 0.1) is 5.92 Å². The Labute approximate surface area is 92.7 Å². The molecule has 1 aliphatic rings. The average Bonchev–Trinajstić information content (AvgIpc) is 2.18. The summed E-state index contributed by atoms with van der Waals surface area (Å²) in [5.41, 5.74) is 0. The van der Waals surface area contributed by atoms with Gasteiger partial charge in [0.2, 0.25) is 0 Å². The average molecular weight is 210 g/mol. The Hall–Kier alpha value is -0.790. The van der Waals surface area contributed by atoms with Gasteiger partial charge in [-0.2, -0.15) is 0 Å². The topological polar surface area (TPSA) is 26.3 Å². The summed E-state index contributed by atoms with van der Waals surface area (Å²) in [5.74, 6) is 0.676. The van der Waals surface area contributed by atoms with E-state index in [4.69, 9.17) is 4.74 Å². The second-order valence-corrected chi connectivity index (χ2v) is 4.57. The first-order valence-electron chi connectivity index (χ1n) is 6.03. The van der Waals surface area contributed by atoms with E-state index in [-0.39, 0.29) is 12.1 Å². The third-order valence-electron chi connectivity index (χ3n) is 2.91. The number of cyclic esters (lactones) is 1. The molecule has 0 N–H and O–H groups in total. The normalized spacial score (nSPS) is 30.1. The van der Waals surface area contributed by atoms with Gasteiger partial charge in [-0.3, -0.25) is 4.79 Å². The van der Waals surface area contributed by atoms with E-state index in [1.54, 1.807) is 0 Å². The third-order valence-corrected chi connectivity index (χ3v) is 2.91. The molecule has 0 aromatic rings. The number of allylic oxidation sites excluding steroid dienone is 2. The minimum atomic E-state index is -0.0552. The van der Waals surface area contributed by atoms with Crippen molar-refractivity contribution < 1.29 is 9.53 Å². The molecule has 0 bridgehead atoms. The Kier molecular flexibility index (Phi) is 5.44. The summed E-state index contributed by atoms with van der Waals surface area (Å²) < 4.78 is 5.30. The van der Waals surface area contributed by atoms with Gasteiger partial charge in [-0.15, -0.1) is 0 Å². The van der Waals surface area contributed by atoms with E-state index < -0.39 is 0 Å². The lowest BCUT2D eigenvalue weighted by atomic mass is 9.98. The van der Waals surface area contributed by atoms with Gasteiger partial charge in [-0.25, -0.2) is 0 Å². The van der Waals surface area contributed by atoms with Crippen molar-refractivity contribution in [3.63, 3.8) is 0 Å². The van der Waals surface area contributed by atoms with Crippen LogP contribution in [0.5, 0.6) is 0 Å². The van der Waals surface area contributed by atoms with E-state index in [0.29, 0.717) is 6.42 Å². The van der Waals surface area contributed by atoms with Gasteiger partial charge in [0.05, 0.1) is 6.10 Å². The minimum Gasteiger partial charge on any atom is -0.463 e. The molecule has 2 heteroatoms. The predicted molar refractivity (Wildman–Crippen MR) is 61.6 cm³/mol. The Balaban J connectivity index is 2.44. The molecule has 1 rings (SSSR count). The van der Waals surface area contributed by atoms with Crippen molar-refractivity contribution in [1.82, 2.24) is 0 Å². The molecule has 0 saturated carbocycles. The van der Waals surface area contributed by atoms with Crippen molar-refractivity contribution in [2.75, 3.05) is 0 Å². The van der Waals surface area contributed by atoms with E-state index in [1.807, 2.05) is 6.92 Å². The Morgan fingerprint density at radius 2 is 1.87 bits per heavy atom. The van der Waals surface area contributed by atoms with E-state index in [0.717, 1.165) is 31.6 Å². The van der Waals surface area contributed by atoms with E-state index in [1.165, 1.54) is 6.42 Å². The summed E-state index contributed by atoms with van der Waals surface area (Å²) >= 11 is 0. The summed E-state index contributed by atoms with van der Waals surface area (Å²) in [5, 5.41) is 0. The van der Waals surface area contributed by atoms with Crippen LogP contribution in [-0.2, 0) is 9.53 Å². The Morgan fingerprint density at radius 1 is 1.13 bits per heavy atom. The first-order chi connectivity index (χ1) is 7.18. The highest BCUT2D eigenvalue weighted by Crippen LogP contribution is 2.17. The molecular formula is C13H22O2. The van der Waals surface area contributed by atoms with E-state index in [9.17, 15) is 4.79 Å². The molecule has 0 spiro atoms. The number of esters is 1. The first kappa shape index (κ1) is 12.3. The van der Waals surface area contributed by atoms with Gasteiger partial charge < -0.3 is 4.74 Å². The number of carbonyl (C=O) groups excluding carboxylic acids is 1. The summed E-state index contributed by atoms with van der Waals surface area (Å²) in [6.07, 6.45) is 10.3. The van der Waals surface area contributed by atoms with Crippen LogP contribution in [0.25, 0.3) is 0 Å². The third kappa shape index (κ3) is 5.60. The van der Waals surface area contributed by atoms with E-state index >= 15 is 0 Å². The first-order valence-corrected chi connectivity index (χ1v) is 6.03. The van der Waals surface area contributed by atoms with Crippen LogP contribution in [0.1, 0.15) is 52.4 Å². The molecule has 0 fully saturated rings. The Morgan fingerprint density at radius 3 is 2.67 bits per heavy atom. The highest BCUT2D eigenvalue weighted by Gasteiger charge is 2.11. The molecule has 0 aliphatic carbocycles. The van der Waals surface area contributed by atoms with Crippen LogP contribution >= 0.6 is 0 Å². The number of rotatable bonds is 0. The molecule has 86 valence electrons. The fraction of sp³-hybridized carbons (Fsp3) is 0.769. The maximum Gasteiger partial charge on any atom is 0.306 e. The predicted octanol–water partition coefficient (Wildman–Crippen LogP) is 3.46. The highest BCUT2D eigenvalue weighted by molar-refractivity contribution is 5.69. The molecule has 0 radical (unpaired) electrons. The second kappa shape index (κ2) is 6.65. The number of hydrogen-bond donors (Lipinski definition) is 0. The van der Waals surface area contributed by atoms with Crippen molar-refractivity contribution in [1.29, 1.82) is 0 Å². The SMILES string of the molecule is CC1CCC=CCCC(=O)OC(C)CC1. The maximum atomic E-state index is 11.3. The fourth-order valence-corrected chi connectivity index (χ4v) is 1.82. The van der Waals surface area contributed by atoms with Gasteiger partial charge in [-0.1, -0.05) is 19.1 Å². The largest absolute Gasteiger partial charge is 0.463 e. The lowest BCUT2D eigenvalue weighted by molar-refractivity contribution is -0.148. The second-order valence-electron chi connectivity index (χ2n) is 4.57. The number of hydrogen-bond acceptors (Lipinski definition) is 2. The van der Waals surface area contributed by atoms with Gasteiger partial charge in [-0.05, 0) is 44.9 Å². The lowest BCUT2D eigenvalue weighted by Gasteiger charge is -2.16. The van der Waals surface area contributed by atoms with Gasteiger partial charge in [0, 0.05) is 6.42 Å². The molecule has 2 nitrogen and oxygen atoms in total. The summed E-state index contributed by atoms with van der Waals surface area (Å²) in [6, 6.07) is 0. The molecule has 0 aromatic carbocycles. The van der Waals surface area contributed by atoms with Gasteiger partial charge in [0.25, 0.3) is 0 Å². The quantitative estimate of drug-likeness (QED) is 0.452. The number of ether oxygens (including phenoxy) is 1. The van der Waals surface area contributed by atoms with Crippen LogP contribution in [0.15, 0.2) is 12.2 Å². The van der Waals surface area contributed by atoms with Crippen molar-refractivity contribution >= 4 is 5.97 Å². The maximum absolute atomic E-state index is 11.3. The van der Waals surface area contributed by atoms with Crippen LogP contribution in [0.2, 0.25) is 0 Å². The zero-order chi connectivity index (χ0) is 11.1. The smallest absolute Gasteiger partial charge is 0.306 e. The Bertz CT molecular complexity index is 221. The molecular weight excluding hydrogens is 188 g/mol. The molecule has 0 amide bonds. The standard InChI is InChI=1S/C13H22O2/c1-11-7-5-3-4-6-8-13(14)15-12(2)10-9-11/h3-4,11-12H,5-10H2,1-2H3. The van der Waals surface area contributed by atoms with Crippen LogP contribution in [0.4, 0.5) is 0 Å². The van der Waals surface area contributed by atoms with Crippen molar-refractivity contribution in [3.05, 3.63) is 12.2 Å². The minimum absolute atomic E-state index is 0.0552. The highest BCUT2D eigenvalue weighted by atomic mass is 16.5. The van der Waals surface area contributed by atoms with Crippen LogP contribution in [-0.4, -0.2) is 12.1 Å². The van der Waals surface area contributed by atoms with Crippen molar-refractivity contribution in [2.45, 2.75) is 58.5 Å². The molecule has 1 heterocycles. The van der Waals surface area contributed by atoms with Gasteiger partial charge in [0.15, 0.2) is 0 Å². The lowest BCUT2D eigenvalue weighted by Crippen LogP contribution is -2.15. The summed E-state index contributed by atoms with van der Waals surface area (Å²) in [4.78, 5) is 11.3. The van der Waals surface area contributed by atoms with Crippen molar-refractivity contribution in [3.8, 4) is 0 Å². The molecule has 0 saturated heterocycles. The molecule has 1 aliphatic heterocycles. The monoisotopic (exact) mass is 210 g/mol. The van der Waals surface area contributed by atoms with Crippen LogP contribution in [0.3, 0.4) is 0 Å². The van der Waals surface area contributed by atoms with Gasteiger partial charge in [0.1, 0.15) is 0 Å². The molecule has 2 atom stereocenters. The zero-order valence-corrected chi connectivity index (χ0v) is 9.87. The summed E-state index contributed by atoms with van der Waals surface area (Å²) in [6.45, 7) is 4.26. The van der Waals surface area contributed by atoms with Crippen LogP contribution < -0.4 is 0 Å². The van der Waals surface area contributed by atoms with Gasteiger partial charge >= 0.3 is 5.97 Å².